The molecule has 0 aliphatic carbocycles. The Morgan fingerprint density at radius 2 is 1.88 bits per heavy atom. The summed E-state index contributed by atoms with van der Waals surface area (Å²) in [6.07, 6.45) is 0.418. The van der Waals surface area contributed by atoms with Crippen molar-refractivity contribution in [1.29, 1.82) is 0 Å². The highest BCUT2D eigenvalue weighted by molar-refractivity contribution is 7.89. The zero-order chi connectivity index (χ0) is 24.7. The minimum atomic E-state index is -3.90. The fourth-order valence-electron chi connectivity index (χ4n) is 4.66. The number of fused-ring (bicyclic) bond motifs is 1. The number of sulfonamides is 1. The van der Waals surface area contributed by atoms with Crippen LogP contribution in [0.3, 0.4) is 0 Å². The Morgan fingerprint density at radius 1 is 1.15 bits per heavy atom. The van der Waals surface area contributed by atoms with E-state index in [9.17, 15) is 8.42 Å². The molecular weight excluding hydrogens is 454 g/mol. The van der Waals surface area contributed by atoms with E-state index in [1.54, 1.807) is 12.1 Å². The van der Waals surface area contributed by atoms with Gasteiger partial charge in [-0.15, -0.1) is 0 Å². The van der Waals surface area contributed by atoms with Crippen LogP contribution in [0.15, 0.2) is 40.3 Å². The predicted octanol–water partition coefficient (Wildman–Crippen LogP) is 3.41. The fraction of sp³-hybridized carbons (Fsp3) is 0.500. The average molecular weight is 488 g/mol. The largest absolute Gasteiger partial charge is 0.379 e. The molecular formula is C24H33N5O4S. The van der Waals surface area contributed by atoms with Crippen molar-refractivity contribution in [3.8, 4) is 0 Å². The zero-order valence-corrected chi connectivity index (χ0v) is 20.8. The molecule has 1 atom stereocenters. The second-order valence-electron chi connectivity index (χ2n) is 8.70. The number of hydrogen-bond acceptors (Lipinski definition) is 6. The minimum absolute atomic E-state index is 0.0353. The van der Waals surface area contributed by atoms with Gasteiger partial charge in [-0.3, -0.25) is 0 Å². The third-order valence-corrected chi connectivity index (χ3v) is 7.06. The molecule has 2 N–H and O–H groups in total. The summed E-state index contributed by atoms with van der Waals surface area (Å²) in [4.78, 5) is 5.09. The second-order valence-corrected chi connectivity index (χ2v) is 10.2. The van der Waals surface area contributed by atoms with Gasteiger partial charge in [0.05, 0.1) is 31.3 Å². The molecule has 0 saturated carbocycles. The number of hydrogen-bond donors (Lipinski definition) is 1. The van der Waals surface area contributed by atoms with Crippen LogP contribution in [0.2, 0.25) is 0 Å². The van der Waals surface area contributed by atoms with Crippen LogP contribution in [-0.4, -0.2) is 59.9 Å². The Labute approximate surface area is 201 Å². The summed E-state index contributed by atoms with van der Waals surface area (Å²) in [5.41, 5.74) is 14.9. The maximum absolute atomic E-state index is 12.4. The summed E-state index contributed by atoms with van der Waals surface area (Å²) in [7, 11) is -1.81. The summed E-state index contributed by atoms with van der Waals surface area (Å²) >= 11 is 0. The lowest BCUT2D eigenvalue weighted by molar-refractivity contribution is 0.0517. The molecule has 0 bridgehead atoms. The Kier molecular flexibility index (Phi) is 9.07. The van der Waals surface area contributed by atoms with Crippen molar-refractivity contribution < 1.29 is 17.9 Å². The Morgan fingerprint density at radius 3 is 2.59 bits per heavy atom. The van der Waals surface area contributed by atoms with Crippen molar-refractivity contribution >= 4 is 10.0 Å². The molecule has 1 aliphatic rings. The van der Waals surface area contributed by atoms with Gasteiger partial charge in [-0.1, -0.05) is 34.9 Å². The third-order valence-electron chi connectivity index (χ3n) is 6.07. The van der Waals surface area contributed by atoms with Crippen molar-refractivity contribution in [2.24, 2.45) is 10.3 Å². The molecule has 2 aromatic carbocycles. The van der Waals surface area contributed by atoms with E-state index in [-0.39, 0.29) is 17.4 Å². The average Bonchev–Trinajstić information content (AvgIpc) is 2.77. The standard InChI is InChI=1S/C24H33N5O4S/c1-17-13-18(2)22-15-29(3)16-23(21(22)14-17)19-5-4-6-24(34(26,30)31)20(19)7-9-32-11-12-33-10-8-27-28-25/h4-6,13-14,23H,7-12,15-16H2,1-3H3,(H2,26,30,31). The third kappa shape index (κ3) is 6.56. The lowest BCUT2D eigenvalue weighted by Crippen LogP contribution is -2.32. The SMILES string of the molecule is Cc1cc(C)c2c(c1)C(c1cccc(S(N)(=O)=O)c1CCOCCOCCN=[N+]=[N-])CN(C)C2. The van der Waals surface area contributed by atoms with Gasteiger partial charge in [-0.2, -0.15) is 0 Å². The van der Waals surface area contributed by atoms with Crippen LogP contribution in [0.25, 0.3) is 10.4 Å². The van der Waals surface area contributed by atoms with Gasteiger partial charge in [0.1, 0.15) is 0 Å². The van der Waals surface area contributed by atoms with Gasteiger partial charge in [0.2, 0.25) is 10.0 Å². The number of rotatable bonds is 11. The number of ether oxygens (including phenoxy) is 2. The number of azide groups is 1. The van der Waals surface area contributed by atoms with Crippen molar-refractivity contribution in [3.05, 3.63) is 74.2 Å². The second kappa shape index (κ2) is 11.8. The van der Waals surface area contributed by atoms with Crippen LogP contribution in [-0.2, 0) is 32.5 Å². The number of nitrogens with zero attached hydrogens (tertiary/aromatic N) is 4. The quantitative estimate of drug-likeness (QED) is 0.225. The molecule has 0 saturated heterocycles. The highest BCUT2D eigenvalue weighted by Crippen LogP contribution is 2.38. The van der Waals surface area contributed by atoms with E-state index in [0.29, 0.717) is 38.4 Å². The summed E-state index contributed by atoms with van der Waals surface area (Å²) in [5, 5.41) is 9.01. The molecule has 0 aromatic heterocycles. The van der Waals surface area contributed by atoms with E-state index in [1.165, 1.54) is 22.3 Å². The van der Waals surface area contributed by atoms with Crippen molar-refractivity contribution in [3.63, 3.8) is 0 Å². The number of primary sulfonamides is 1. The van der Waals surface area contributed by atoms with Crippen LogP contribution in [0.1, 0.15) is 39.3 Å². The number of likely N-dealkylation sites (N-methyl/N-ethyl adjacent to an activating group) is 1. The van der Waals surface area contributed by atoms with Crippen molar-refractivity contribution in [2.45, 2.75) is 37.6 Å². The number of nitrogens with two attached hydrogens (primary N) is 1. The molecule has 1 aliphatic heterocycles. The molecule has 0 fully saturated rings. The Hall–Kier alpha value is -2.46. The molecule has 184 valence electrons. The molecule has 0 spiro atoms. The van der Waals surface area contributed by atoms with E-state index in [0.717, 1.165) is 18.7 Å². The first-order valence-electron chi connectivity index (χ1n) is 11.3. The minimum Gasteiger partial charge on any atom is -0.379 e. The van der Waals surface area contributed by atoms with Gasteiger partial charge in [0.25, 0.3) is 0 Å². The van der Waals surface area contributed by atoms with E-state index < -0.39 is 10.0 Å². The van der Waals surface area contributed by atoms with E-state index in [4.69, 9.17) is 20.1 Å². The van der Waals surface area contributed by atoms with Gasteiger partial charge in [-0.05, 0) is 66.7 Å². The molecule has 1 unspecified atom stereocenters. The maximum Gasteiger partial charge on any atom is 0.238 e. The van der Waals surface area contributed by atoms with Crippen LogP contribution >= 0.6 is 0 Å². The van der Waals surface area contributed by atoms with Crippen LogP contribution < -0.4 is 5.14 Å². The van der Waals surface area contributed by atoms with Gasteiger partial charge < -0.3 is 14.4 Å². The van der Waals surface area contributed by atoms with Crippen LogP contribution in [0.4, 0.5) is 0 Å². The summed E-state index contributed by atoms with van der Waals surface area (Å²) in [5.74, 6) is 0.0353. The lowest BCUT2D eigenvalue weighted by Gasteiger charge is -2.35. The number of benzene rings is 2. The molecule has 1 heterocycles. The molecule has 3 rings (SSSR count). The van der Waals surface area contributed by atoms with Crippen LogP contribution in [0.5, 0.6) is 0 Å². The zero-order valence-electron chi connectivity index (χ0n) is 20.0. The smallest absolute Gasteiger partial charge is 0.238 e. The highest BCUT2D eigenvalue weighted by atomic mass is 32.2. The Bertz CT molecular complexity index is 1160. The maximum atomic E-state index is 12.4. The van der Waals surface area contributed by atoms with Crippen molar-refractivity contribution in [1.82, 2.24) is 4.90 Å². The molecule has 0 amide bonds. The van der Waals surface area contributed by atoms with E-state index in [1.807, 2.05) is 6.07 Å². The first kappa shape index (κ1) is 26.2. The number of aryl methyl sites for hydroxylation is 2. The lowest BCUT2D eigenvalue weighted by atomic mass is 9.80. The van der Waals surface area contributed by atoms with Gasteiger partial charge >= 0.3 is 0 Å². The van der Waals surface area contributed by atoms with Crippen LogP contribution in [0, 0.1) is 13.8 Å². The normalized spacial score (nSPS) is 16.2. The highest BCUT2D eigenvalue weighted by Gasteiger charge is 2.29. The first-order chi connectivity index (χ1) is 16.2. The van der Waals surface area contributed by atoms with Crippen molar-refractivity contribution in [2.75, 3.05) is 46.6 Å². The predicted molar refractivity (Wildman–Crippen MR) is 131 cm³/mol. The summed E-state index contributed by atoms with van der Waals surface area (Å²) < 4.78 is 35.9. The van der Waals surface area contributed by atoms with E-state index in [2.05, 4.69) is 48.0 Å². The first-order valence-corrected chi connectivity index (χ1v) is 12.9. The molecule has 9 nitrogen and oxygen atoms in total. The fourth-order valence-corrected chi connectivity index (χ4v) is 5.49. The monoisotopic (exact) mass is 487 g/mol. The topological polar surface area (TPSA) is 131 Å². The molecule has 34 heavy (non-hydrogen) atoms. The molecule has 10 heteroatoms. The summed E-state index contributed by atoms with van der Waals surface area (Å²) in [6, 6.07) is 9.76. The van der Waals surface area contributed by atoms with Gasteiger partial charge in [-0.25, -0.2) is 13.6 Å². The Balaban J connectivity index is 1.85. The van der Waals surface area contributed by atoms with Gasteiger partial charge in [0.15, 0.2) is 0 Å². The molecule has 2 aromatic rings. The van der Waals surface area contributed by atoms with E-state index >= 15 is 0 Å². The molecule has 0 radical (unpaired) electrons. The summed E-state index contributed by atoms with van der Waals surface area (Å²) in [6.45, 7) is 7.54. The van der Waals surface area contributed by atoms with Gasteiger partial charge in [0, 0.05) is 30.5 Å².